The molecule has 0 aliphatic carbocycles. The summed E-state index contributed by atoms with van der Waals surface area (Å²) in [6.45, 7) is 10.2. The first-order valence-corrected chi connectivity index (χ1v) is 20.7. The van der Waals surface area contributed by atoms with Crippen LogP contribution in [0.3, 0.4) is 0 Å². The van der Waals surface area contributed by atoms with Gasteiger partial charge in [-0.3, -0.25) is 9.59 Å². The van der Waals surface area contributed by atoms with Gasteiger partial charge in [-0.05, 0) is 104 Å². The SMILES string of the molecule is CCCCC(CC)CN1C(=O)/C(=C2\C(=O)N(CC(CC)CCCC)c3cc(-c4ccc(Br)s4)ccc32)c2ccc(-c3ccc(Br)s3)cc21. The number of nitrogens with zero attached hydrogens (tertiary/aromatic N) is 2. The zero-order chi connectivity index (χ0) is 33.9. The van der Waals surface area contributed by atoms with Gasteiger partial charge in [-0.1, -0.05) is 90.5 Å². The lowest BCUT2D eigenvalue weighted by atomic mass is 9.95. The van der Waals surface area contributed by atoms with E-state index in [2.05, 4.69) is 120 Å². The highest BCUT2D eigenvalue weighted by Gasteiger charge is 2.43. The highest BCUT2D eigenvalue weighted by Crippen LogP contribution is 2.50. The summed E-state index contributed by atoms with van der Waals surface area (Å²) in [6, 6.07) is 21.1. The van der Waals surface area contributed by atoms with Crippen molar-refractivity contribution in [2.45, 2.75) is 79.1 Å². The maximum Gasteiger partial charge on any atom is 0.259 e. The van der Waals surface area contributed by atoms with Crippen LogP contribution >= 0.6 is 54.5 Å². The molecule has 48 heavy (non-hydrogen) atoms. The largest absolute Gasteiger partial charge is 0.307 e. The monoisotopic (exact) mass is 806 g/mol. The molecule has 2 aromatic carbocycles. The fourth-order valence-corrected chi connectivity index (χ4v) is 9.86. The predicted octanol–water partition coefficient (Wildman–Crippen LogP) is 12.7. The second-order valence-corrected chi connectivity index (χ2v) is 18.0. The summed E-state index contributed by atoms with van der Waals surface area (Å²) in [5, 5.41) is 0. The van der Waals surface area contributed by atoms with Crippen LogP contribution in [0.15, 0.2) is 68.2 Å². The zero-order valence-corrected chi connectivity index (χ0v) is 33.1. The van der Waals surface area contributed by atoms with Crippen LogP contribution in [0.1, 0.15) is 90.2 Å². The molecule has 8 heteroatoms. The van der Waals surface area contributed by atoms with E-state index in [0.29, 0.717) is 36.1 Å². The van der Waals surface area contributed by atoms with Gasteiger partial charge in [0, 0.05) is 34.0 Å². The molecule has 0 saturated carbocycles. The number of rotatable bonds is 14. The average molecular weight is 809 g/mol. The number of halogens is 2. The lowest BCUT2D eigenvalue weighted by Crippen LogP contribution is -2.34. The van der Waals surface area contributed by atoms with Gasteiger partial charge in [-0.15, -0.1) is 22.7 Å². The maximum atomic E-state index is 14.8. The number of fused-ring (bicyclic) bond motifs is 2. The Labute approximate surface area is 310 Å². The Hall–Kier alpha value is -2.52. The van der Waals surface area contributed by atoms with Gasteiger partial charge >= 0.3 is 0 Å². The second kappa shape index (κ2) is 15.6. The standard InChI is InChI=1S/C40H44Br2N2O2S2/c1-5-9-11-25(7-3)23-43-31-21-27(33-17-19-35(41)47-33)13-15-29(31)37(39(43)45)38-30-16-14-28(34-18-20-36(42)48-34)22-32(30)44(40(38)46)24-26(8-4)12-10-6-2/h13-22,25-26H,5-12,23-24H2,1-4H3/b38-37-. The lowest BCUT2D eigenvalue weighted by molar-refractivity contribution is -0.114. The Kier molecular flexibility index (Phi) is 11.5. The molecule has 6 rings (SSSR count). The van der Waals surface area contributed by atoms with Crippen molar-refractivity contribution >= 4 is 88.9 Å². The van der Waals surface area contributed by atoms with Crippen LogP contribution in [0, 0.1) is 11.8 Å². The Balaban J connectivity index is 1.51. The van der Waals surface area contributed by atoms with Gasteiger partial charge in [0.15, 0.2) is 0 Å². The van der Waals surface area contributed by atoms with Crippen molar-refractivity contribution in [1.29, 1.82) is 0 Å². The molecule has 2 amide bonds. The minimum absolute atomic E-state index is 0.0510. The third-order valence-corrected chi connectivity index (χ3v) is 13.3. The first-order chi connectivity index (χ1) is 23.3. The molecule has 4 aromatic rings. The molecule has 0 N–H and O–H groups in total. The van der Waals surface area contributed by atoms with Crippen molar-refractivity contribution in [3.63, 3.8) is 0 Å². The lowest BCUT2D eigenvalue weighted by Gasteiger charge is -2.24. The number of hydrogen-bond donors (Lipinski definition) is 0. The number of hydrogen-bond acceptors (Lipinski definition) is 4. The summed E-state index contributed by atoms with van der Waals surface area (Å²) < 4.78 is 2.15. The molecule has 0 spiro atoms. The third kappa shape index (κ3) is 7.05. The summed E-state index contributed by atoms with van der Waals surface area (Å²) >= 11 is 10.6. The van der Waals surface area contributed by atoms with Gasteiger partial charge in [-0.25, -0.2) is 0 Å². The maximum absolute atomic E-state index is 14.8. The Morgan fingerprint density at radius 1 is 0.604 bits per heavy atom. The van der Waals surface area contributed by atoms with E-state index < -0.39 is 0 Å². The van der Waals surface area contributed by atoms with E-state index in [1.165, 1.54) is 0 Å². The molecular formula is C40H44Br2N2O2S2. The zero-order valence-electron chi connectivity index (χ0n) is 28.3. The summed E-state index contributed by atoms with van der Waals surface area (Å²) in [4.78, 5) is 35.8. The number of thiophene rings is 2. The molecular weight excluding hydrogens is 764 g/mol. The van der Waals surface area contributed by atoms with Gasteiger partial charge in [-0.2, -0.15) is 0 Å². The van der Waals surface area contributed by atoms with Crippen LogP contribution in [-0.4, -0.2) is 24.9 Å². The van der Waals surface area contributed by atoms with Crippen LogP contribution in [0.2, 0.25) is 0 Å². The van der Waals surface area contributed by atoms with Crippen LogP contribution in [0.25, 0.3) is 32.0 Å². The summed E-state index contributed by atoms with van der Waals surface area (Å²) in [6.07, 6.45) is 8.75. The van der Waals surface area contributed by atoms with E-state index in [0.717, 1.165) is 102 Å². The number of benzene rings is 2. The molecule has 2 unspecified atom stereocenters. The first-order valence-electron chi connectivity index (χ1n) is 17.5. The Bertz CT molecular complexity index is 1710. The topological polar surface area (TPSA) is 40.6 Å². The van der Waals surface area contributed by atoms with Crippen LogP contribution < -0.4 is 9.80 Å². The van der Waals surface area contributed by atoms with E-state index in [4.69, 9.17) is 0 Å². The highest BCUT2D eigenvalue weighted by atomic mass is 79.9. The number of carbonyl (C=O) groups is 2. The van der Waals surface area contributed by atoms with Gasteiger partial charge in [0.1, 0.15) is 0 Å². The quantitative estimate of drug-likeness (QED) is 0.119. The highest BCUT2D eigenvalue weighted by molar-refractivity contribution is 9.11. The smallest absolute Gasteiger partial charge is 0.259 e. The normalized spacial score (nSPS) is 17.0. The van der Waals surface area contributed by atoms with E-state index in [1.807, 2.05) is 9.80 Å². The van der Waals surface area contributed by atoms with Gasteiger partial charge in [0.2, 0.25) is 0 Å². The predicted molar refractivity (Wildman–Crippen MR) is 213 cm³/mol. The minimum atomic E-state index is -0.0510. The van der Waals surface area contributed by atoms with Gasteiger partial charge in [0.25, 0.3) is 11.8 Å². The van der Waals surface area contributed by atoms with Crippen LogP contribution in [0.4, 0.5) is 11.4 Å². The van der Waals surface area contributed by atoms with Crippen LogP contribution in [0.5, 0.6) is 0 Å². The van der Waals surface area contributed by atoms with E-state index in [1.54, 1.807) is 22.7 Å². The number of amides is 2. The van der Waals surface area contributed by atoms with Crippen molar-refractivity contribution in [2.24, 2.45) is 11.8 Å². The fourth-order valence-electron chi connectivity index (χ4n) is 7.09. The first kappa shape index (κ1) is 35.3. The third-order valence-electron chi connectivity index (χ3n) is 9.97. The molecule has 0 fully saturated rings. The van der Waals surface area contributed by atoms with Crippen molar-refractivity contribution < 1.29 is 9.59 Å². The molecule has 2 aliphatic rings. The molecule has 4 heterocycles. The molecule has 0 bridgehead atoms. The average Bonchev–Trinajstić information content (AvgIpc) is 3.85. The van der Waals surface area contributed by atoms with Crippen molar-refractivity contribution in [1.82, 2.24) is 0 Å². The fraction of sp³-hybridized carbons (Fsp3) is 0.400. The molecule has 252 valence electrons. The minimum Gasteiger partial charge on any atom is -0.307 e. The van der Waals surface area contributed by atoms with Crippen molar-refractivity contribution in [3.8, 4) is 20.9 Å². The molecule has 2 aromatic heterocycles. The molecule has 2 atom stereocenters. The molecule has 2 aliphatic heterocycles. The van der Waals surface area contributed by atoms with E-state index in [9.17, 15) is 9.59 Å². The van der Waals surface area contributed by atoms with Crippen LogP contribution in [-0.2, 0) is 9.59 Å². The van der Waals surface area contributed by atoms with Crippen molar-refractivity contribution in [3.05, 3.63) is 79.4 Å². The van der Waals surface area contributed by atoms with Gasteiger partial charge < -0.3 is 9.80 Å². The number of carbonyl (C=O) groups excluding carboxylic acids is 2. The number of anilines is 2. The van der Waals surface area contributed by atoms with E-state index in [-0.39, 0.29) is 11.8 Å². The van der Waals surface area contributed by atoms with E-state index >= 15 is 0 Å². The summed E-state index contributed by atoms with van der Waals surface area (Å²) in [5.41, 5.74) is 6.85. The molecule has 4 nitrogen and oxygen atoms in total. The summed E-state index contributed by atoms with van der Waals surface area (Å²) in [7, 11) is 0. The van der Waals surface area contributed by atoms with Gasteiger partial charge in [0.05, 0.1) is 30.1 Å². The second-order valence-electron chi connectivity index (χ2n) is 13.1. The molecule has 0 saturated heterocycles. The van der Waals surface area contributed by atoms with Crippen molar-refractivity contribution in [2.75, 3.05) is 22.9 Å². The Morgan fingerprint density at radius 2 is 1.02 bits per heavy atom. The number of unbranched alkanes of at least 4 members (excludes halogenated alkanes) is 2. The Morgan fingerprint density at radius 3 is 1.35 bits per heavy atom. The summed E-state index contributed by atoms with van der Waals surface area (Å²) in [5.74, 6) is 0.685. The molecule has 0 radical (unpaired) electrons.